The molecule has 16 heavy (non-hydrogen) atoms. The Morgan fingerprint density at radius 1 is 0.875 bits per heavy atom. The van der Waals surface area contributed by atoms with E-state index in [-0.39, 0.29) is 5.83 Å². The van der Waals surface area contributed by atoms with Crippen molar-refractivity contribution in [2.75, 3.05) is 0 Å². The molecule has 0 heterocycles. The molecular formula is C14H11FO. The van der Waals surface area contributed by atoms with Crippen molar-refractivity contribution < 1.29 is 9.13 Å². The summed E-state index contributed by atoms with van der Waals surface area (Å²) in [6, 6.07) is 17.9. The predicted molar refractivity (Wildman–Crippen MR) is 62.6 cm³/mol. The second-order valence-electron chi connectivity index (χ2n) is 3.26. The van der Waals surface area contributed by atoms with E-state index in [0.29, 0.717) is 11.3 Å². The zero-order chi connectivity index (χ0) is 11.2. The molecule has 2 aromatic carbocycles. The number of para-hydroxylation sites is 1. The van der Waals surface area contributed by atoms with E-state index in [1.165, 1.54) is 0 Å². The summed E-state index contributed by atoms with van der Waals surface area (Å²) in [5.74, 6) is 0.234. The molecule has 0 amide bonds. The van der Waals surface area contributed by atoms with Gasteiger partial charge in [0.15, 0.2) is 5.83 Å². The molecular weight excluding hydrogens is 203 g/mol. The van der Waals surface area contributed by atoms with Gasteiger partial charge in [-0.3, -0.25) is 0 Å². The van der Waals surface area contributed by atoms with Gasteiger partial charge in [0.1, 0.15) is 12.0 Å². The minimum Gasteiger partial charge on any atom is -0.462 e. The molecule has 1 nitrogen and oxygen atoms in total. The van der Waals surface area contributed by atoms with E-state index in [9.17, 15) is 4.39 Å². The van der Waals surface area contributed by atoms with Crippen molar-refractivity contribution in [2.45, 2.75) is 0 Å². The van der Waals surface area contributed by atoms with Crippen molar-refractivity contribution >= 4 is 5.83 Å². The Kier molecular flexibility index (Phi) is 3.34. The van der Waals surface area contributed by atoms with Gasteiger partial charge in [-0.25, -0.2) is 4.39 Å². The Balaban J connectivity index is 2.09. The highest BCUT2D eigenvalue weighted by Crippen LogP contribution is 2.17. The van der Waals surface area contributed by atoms with Crippen molar-refractivity contribution in [3.63, 3.8) is 0 Å². The second-order valence-corrected chi connectivity index (χ2v) is 3.26. The van der Waals surface area contributed by atoms with Crippen LogP contribution in [0.4, 0.5) is 4.39 Å². The highest BCUT2D eigenvalue weighted by atomic mass is 19.1. The van der Waals surface area contributed by atoms with Crippen LogP contribution in [-0.2, 0) is 0 Å². The summed E-state index contributed by atoms with van der Waals surface area (Å²) in [7, 11) is 0. The topological polar surface area (TPSA) is 9.23 Å². The predicted octanol–water partition coefficient (Wildman–Crippen LogP) is 4.03. The fraction of sp³-hybridized carbons (Fsp3) is 0. The second kappa shape index (κ2) is 5.12. The molecule has 0 saturated carbocycles. The third kappa shape index (κ3) is 2.70. The van der Waals surface area contributed by atoms with Crippen LogP contribution in [0.2, 0.25) is 0 Å². The van der Waals surface area contributed by atoms with Crippen LogP contribution >= 0.6 is 0 Å². The highest BCUT2D eigenvalue weighted by molar-refractivity contribution is 5.57. The van der Waals surface area contributed by atoms with Gasteiger partial charge in [-0.15, -0.1) is 0 Å². The van der Waals surface area contributed by atoms with E-state index in [2.05, 4.69) is 0 Å². The molecule has 0 atom stereocenters. The Hall–Kier alpha value is -2.09. The lowest BCUT2D eigenvalue weighted by atomic mass is 10.2. The van der Waals surface area contributed by atoms with Gasteiger partial charge in [0.25, 0.3) is 0 Å². The monoisotopic (exact) mass is 214 g/mol. The van der Waals surface area contributed by atoms with E-state index >= 15 is 0 Å². The number of halogens is 1. The third-order valence-electron chi connectivity index (χ3n) is 2.09. The molecule has 0 aliphatic heterocycles. The van der Waals surface area contributed by atoms with Gasteiger partial charge in [-0.1, -0.05) is 48.5 Å². The van der Waals surface area contributed by atoms with Crippen LogP contribution in [0.15, 0.2) is 66.9 Å². The van der Waals surface area contributed by atoms with E-state index in [1.807, 2.05) is 24.3 Å². The fourth-order valence-corrected chi connectivity index (χ4v) is 1.28. The summed E-state index contributed by atoms with van der Waals surface area (Å²) in [5, 5.41) is 0. The lowest BCUT2D eigenvalue weighted by Crippen LogP contribution is -1.84. The molecule has 0 aromatic heterocycles. The van der Waals surface area contributed by atoms with E-state index in [0.717, 1.165) is 6.26 Å². The maximum atomic E-state index is 13.6. The molecule has 2 rings (SSSR count). The van der Waals surface area contributed by atoms with Gasteiger partial charge < -0.3 is 4.74 Å². The number of hydrogen-bond acceptors (Lipinski definition) is 1. The quantitative estimate of drug-likeness (QED) is 0.701. The van der Waals surface area contributed by atoms with E-state index in [4.69, 9.17) is 4.74 Å². The number of benzene rings is 2. The van der Waals surface area contributed by atoms with Crippen molar-refractivity contribution in [3.05, 3.63) is 72.5 Å². The summed E-state index contributed by atoms with van der Waals surface area (Å²) in [6.07, 6.45) is 1.12. The molecule has 0 bridgehead atoms. The first kappa shape index (κ1) is 10.4. The van der Waals surface area contributed by atoms with Crippen LogP contribution in [0, 0.1) is 0 Å². The van der Waals surface area contributed by atoms with Crippen LogP contribution in [0.3, 0.4) is 0 Å². The van der Waals surface area contributed by atoms with Crippen LogP contribution < -0.4 is 4.74 Å². The molecule has 2 heteroatoms. The number of hydrogen-bond donors (Lipinski definition) is 0. The maximum absolute atomic E-state index is 13.6. The normalized spacial score (nSPS) is 11.2. The van der Waals surface area contributed by atoms with Gasteiger partial charge in [-0.05, 0) is 12.1 Å². The molecule has 0 saturated heterocycles. The van der Waals surface area contributed by atoms with Crippen LogP contribution in [-0.4, -0.2) is 0 Å². The molecule has 80 valence electrons. The average molecular weight is 214 g/mol. The van der Waals surface area contributed by atoms with Crippen molar-refractivity contribution in [3.8, 4) is 5.75 Å². The lowest BCUT2D eigenvalue weighted by Gasteiger charge is -2.00. The molecule has 2 aromatic rings. The number of rotatable bonds is 3. The highest BCUT2D eigenvalue weighted by Gasteiger charge is 1.98. The molecule has 0 spiro atoms. The van der Waals surface area contributed by atoms with E-state index in [1.54, 1.807) is 36.4 Å². The SMILES string of the molecule is F/C(=C\Oc1ccccc1)c1ccccc1. The summed E-state index contributed by atoms with van der Waals surface area (Å²) >= 11 is 0. The van der Waals surface area contributed by atoms with Crippen molar-refractivity contribution in [1.29, 1.82) is 0 Å². The first-order chi connectivity index (χ1) is 7.86. The zero-order valence-corrected chi connectivity index (χ0v) is 8.64. The standard InChI is InChI=1S/C14H11FO/c15-14(12-7-3-1-4-8-12)11-16-13-9-5-2-6-10-13/h1-11H/b14-11-. The molecule has 0 N–H and O–H groups in total. The Labute approximate surface area is 93.8 Å². The van der Waals surface area contributed by atoms with Gasteiger partial charge >= 0.3 is 0 Å². The van der Waals surface area contributed by atoms with Gasteiger partial charge in [0.2, 0.25) is 0 Å². The molecule has 0 fully saturated rings. The Morgan fingerprint density at radius 3 is 2.06 bits per heavy atom. The average Bonchev–Trinajstić information content (AvgIpc) is 2.38. The molecule has 0 aliphatic rings. The van der Waals surface area contributed by atoms with Gasteiger partial charge in [-0.2, -0.15) is 0 Å². The summed E-state index contributed by atoms with van der Waals surface area (Å²) < 4.78 is 18.7. The first-order valence-corrected chi connectivity index (χ1v) is 4.99. The zero-order valence-electron chi connectivity index (χ0n) is 8.64. The molecule has 0 radical (unpaired) electrons. The van der Waals surface area contributed by atoms with Crippen LogP contribution in [0.1, 0.15) is 5.56 Å². The summed E-state index contributed by atoms with van der Waals surface area (Å²) in [5.41, 5.74) is 0.512. The number of ether oxygens (including phenoxy) is 1. The third-order valence-corrected chi connectivity index (χ3v) is 2.09. The summed E-state index contributed by atoms with van der Waals surface area (Å²) in [6.45, 7) is 0. The largest absolute Gasteiger partial charge is 0.462 e. The molecule has 0 unspecified atom stereocenters. The minimum absolute atomic E-state index is 0.385. The smallest absolute Gasteiger partial charge is 0.165 e. The maximum Gasteiger partial charge on any atom is 0.165 e. The van der Waals surface area contributed by atoms with Gasteiger partial charge in [0.05, 0.1) is 0 Å². The van der Waals surface area contributed by atoms with Crippen LogP contribution in [0.5, 0.6) is 5.75 Å². The summed E-state index contributed by atoms with van der Waals surface area (Å²) in [4.78, 5) is 0. The minimum atomic E-state index is -0.385. The molecule has 0 aliphatic carbocycles. The Bertz CT molecular complexity index is 463. The van der Waals surface area contributed by atoms with Crippen molar-refractivity contribution in [1.82, 2.24) is 0 Å². The van der Waals surface area contributed by atoms with Gasteiger partial charge in [0, 0.05) is 5.56 Å². The lowest BCUT2D eigenvalue weighted by molar-refractivity contribution is 0.473. The van der Waals surface area contributed by atoms with Crippen LogP contribution in [0.25, 0.3) is 5.83 Å². The fourth-order valence-electron chi connectivity index (χ4n) is 1.28. The Morgan fingerprint density at radius 2 is 1.44 bits per heavy atom. The van der Waals surface area contributed by atoms with Crippen molar-refractivity contribution in [2.24, 2.45) is 0 Å². The van der Waals surface area contributed by atoms with E-state index < -0.39 is 0 Å². The first-order valence-electron chi connectivity index (χ1n) is 4.99.